The highest BCUT2D eigenvalue weighted by atomic mass is 16.5. The van der Waals surface area contributed by atoms with E-state index in [-0.39, 0.29) is 125 Å². The third kappa shape index (κ3) is 22.3. The molecule has 0 unspecified atom stereocenters. The molecule has 752 valence electrons. The predicted molar refractivity (Wildman–Crippen MR) is 601 cm³/mol. The van der Waals surface area contributed by atoms with Crippen molar-refractivity contribution >= 4 is 86.2 Å². The van der Waals surface area contributed by atoms with Gasteiger partial charge in [-0.15, -0.1) is 0 Å². The minimum Gasteiger partial charge on any atom is -0.493 e. The molecule has 0 radical (unpaired) electrons. The lowest BCUT2D eigenvalue weighted by Gasteiger charge is -2.27. The van der Waals surface area contributed by atoms with E-state index >= 15 is 0 Å². The molecular weight excluding hydrogens is 1810 g/mol. The molecular formula is C135H140O12. The third-order valence-corrected chi connectivity index (χ3v) is 29.5. The van der Waals surface area contributed by atoms with Crippen LogP contribution in [0.3, 0.4) is 0 Å². The molecule has 12 heteroatoms. The maximum Gasteiger partial charge on any atom is 0.130 e. The fourth-order valence-electron chi connectivity index (χ4n) is 21.2. The second-order valence-corrected chi connectivity index (χ2v) is 46.6. The monoisotopic (exact) mass is 1950 g/mol. The SMILES string of the molecule is CC(C)(C)c1cc2c(OCCCOc3c4cc(C(C)(C)C)cc3COCc3cc(C(C)(C)C)cc(c3OCc3c5ccccc5cc5ccccc35)COCc3cc(C(C)(C)C)cc(c3OCc3c5ccccc5cc5ccccc35)COC4)c(c1)COCc1cc(C(C)(C)C)cc(c1OCc1c3ccccc3cc3ccccc13)COCc1cc(C(C)(C)C)cc(c1OCc1c3ccccc3cc3ccccc13)COC2. The van der Waals surface area contributed by atoms with Crippen LogP contribution < -0.4 is 28.4 Å². The first-order valence-corrected chi connectivity index (χ1v) is 52.4. The summed E-state index contributed by atoms with van der Waals surface area (Å²) in [5, 5.41) is 18.4. The Balaban J connectivity index is 0.681. The zero-order chi connectivity index (χ0) is 102. The normalized spacial score (nSPS) is 14.2. The Morgan fingerprint density at radius 2 is 0.299 bits per heavy atom. The molecule has 0 atom stereocenters. The molecule has 0 aromatic heterocycles. The van der Waals surface area contributed by atoms with Gasteiger partial charge >= 0.3 is 0 Å². The van der Waals surface area contributed by atoms with Gasteiger partial charge in [-0.05, 0) is 249 Å². The molecule has 0 spiro atoms. The van der Waals surface area contributed by atoms with Gasteiger partial charge in [-0.2, -0.15) is 0 Å². The van der Waals surface area contributed by atoms with Crippen LogP contribution in [-0.4, -0.2) is 13.2 Å². The van der Waals surface area contributed by atoms with Gasteiger partial charge in [0.2, 0.25) is 0 Å². The van der Waals surface area contributed by atoms with E-state index < -0.39 is 0 Å². The van der Waals surface area contributed by atoms with Crippen LogP contribution in [0.1, 0.15) is 253 Å². The molecule has 12 bridgehead atoms. The summed E-state index contributed by atoms with van der Waals surface area (Å²) in [5.74, 6) is 4.33. The average Bonchev–Trinajstić information content (AvgIpc) is 0.771. The highest BCUT2D eigenvalue weighted by Crippen LogP contribution is 2.47. The highest BCUT2D eigenvalue weighted by molar-refractivity contribution is 6.06. The number of rotatable bonds is 18. The minimum atomic E-state index is -0.306. The summed E-state index contributed by atoms with van der Waals surface area (Å²) in [6, 6.07) is 106. The predicted octanol–water partition coefficient (Wildman–Crippen LogP) is 33.8. The first-order chi connectivity index (χ1) is 70.6. The lowest BCUT2D eigenvalue weighted by Crippen LogP contribution is -2.17. The smallest absolute Gasteiger partial charge is 0.130 e. The number of fused-ring (bicyclic) bond motifs is 20. The molecule has 18 aromatic carbocycles. The lowest BCUT2D eigenvalue weighted by molar-refractivity contribution is 0.0887. The van der Waals surface area contributed by atoms with E-state index in [1.54, 1.807) is 0 Å². The Bertz CT molecular complexity index is 6850. The molecule has 147 heavy (non-hydrogen) atoms. The number of hydrogen-bond donors (Lipinski definition) is 0. The van der Waals surface area contributed by atoms with Crippen molar-refractivity contribution in [1.29, 1.82) is 0 Å². The van der Waals surface area contributed by atoms with Crippen molar-refractivity contribution in [2.45, 2.75) is 269 Å². The van der Waals surface area contributed by atoms with E-state index in [9.17, 15) is 0 Å². The highest BCUT2D eigenvalue weighted by Gasteiger charge is 2.32. The molecule has 0 N–H and O–H groups in total. The van der Waals surface area contributed by atoms with Gasteiger partial charge in [-0.25, -0.2) is 0 Å². The topological polar surface area (TPSA) is 111 Å². The van der Waals surface area contributed by atoms with Gasteiger partial charge in [0.05, 0.1) is 92.5 Å². The molecule has 0 saturated heterocycles. The van der Waals surface area contributed by atoms with Crippen LogP contribution in [0.4, 0.5) is 0 Å². The Kier molecular flexibility index (Phi) is 28.9. The van der Waals surface area contributed by atoms with Gasteiger partial charge in [-0.1, -0.05) is 319 Å². The van der Waals surface area contributed by atoms with E-state index in [0.717, 1.165) is 232 Å². The second kappa shape index (κ2) is 42.1. The second-order valence-electron chi connectivity index (χ2n) is 46.6. The molecule has 2 aliphatic rings. The first kappa shape index (κ1) is 101. The Morgan fingerprint density at radius 3 is 0.435 bits per heavy atom. The van der Waals surface area contributed by atoms with Crippen molar-refractivity contribution in [3.05, 3.63) is 414 Å². The quantitative estimate of drug-likeness (QED) is 0.0602. The minimum absolute atomic E-state index is 0.202. The molecule has 0 fully saturated rings. The number of benzene rings is 18. The van der Waals surface area contributed by atoms with Gasteiger partial charge in [0.15, 0.2) is 0 Å². The van der Waals surface area contributed by atoms with Crippen molar-refractivity contribution in [1.82, 2.24) is 0 Å². The summed E-state index contributed by atoms with van der Waals surface area (Å²) >= 11 is 0. The van der Waals surface area contributed by atoms with Crippen LogP contribution in [0.2, 0.25) is 0 Å². The number of hydrogen-bond acceptors (Lipinski definition) is 12. The third-order valence-electron chi connectivity index (χ3n) is 29.5. The van der Waals surface area contributed by atoms with Crippen molar-refractivity contribution in [2.75, 3.05) is 13.2 Å². The maximum atomic E-state index is 7.53. The van der Waals surface area contributed by atoms with Crippen LogP contribution in [0.15, 0.2) is 291 Å². The van der Waals surface area contributed by atoms with Crippen LogP contribution in [0, 0.1) is 0 Å². The molecule has 0 aliphatic carbocycles. The zero-order valence-electron chi connectivity index (χ0n) is 89.0. The van der Waals surface area contributed by atoms with E-state index in [4.69, 9.17) is 56.8 Å². The van der Waals surface area contributed by atoms with Crippen LogP contribution in [0.25, 0.3) is 86.2 Å². The summed E-state index contributed by atoms with van der Waals surface area (Å²) in [6.07, 6.45) is 0.488. The van der Waals surface area contributed by atoms with Gasteiger partial charge in [0, 0.05) is 95.4 Å². The van der Waals surface area contributed by atoms with Crippen molar-refractivity contribution in [3.8, 4) is 34.5 Å². The molecule has 0 saturated carbocycles. The first-order valence-electron chi connectivity index (χ1n) is 52.4. The fourth-order valence-corrected chi connectivity index (χ4v) is 21.2. The Labute approximate surface area is 867 Å². The van der Waals surface area contributed by atoms with Crippen LogP contribution in [-0.2, 0) is 167 Å². The Morgan fingerprint density at radius 1 is 0.170 bits per heavy atom. The molecule has 0 amide bonds. The molecule has 18 aromatic rings. The summed E-state index contributed by atoms with van der Waals surface area (Å²) in [7, 11) is 0. The van der Waals surface area contributed by atoms with E-state index in [2.05, 4.69) is 416 Å². The largest absolute Gasteiger partial charge is 0.493 e. The molecule has 2 aliphatic heterocycles. The lowest BCUT2D eigenvalue weighted by atomic mass is 9.84. The fraction of sp³-hybridized carbons (Fsp3) is 0.319. The van der Waals surface area contributed by atoms with E-state index in [1.807, 2.05) is 0 Å². The van der Waals surface area contributed by atoms with Gasteiger partial charge in [0.25, 0.3) is 0 Å². The summed E-state index contributed by atoms with van der Waals surface area (Å²) in [4.78, 5) is 0. The summed E-state index contributed by atoms with van der Waals surface area (Å²) < 4.78 is 88.8. The van der Waals surface area contributed by atoms with Crippen LogP contribution >= 0.6 is 0 Å². The van der Waals surface area contributed by atoms with Gasteiger partial charge in [-0.3, -0.25) is 0 Å². The van der Waals surface area contributed by atoms with Gasteiger partial charge in [0.1, 0.15) is 60.9 Å². The molecule has 12 nitrogen and oxygen atoms in total. The average molecular weight is 1950 g/mol. The summed E-state index contributed by atoms with van der Waals surface area (Å²) in [6.45, 7) is 45.2. The van der Waals surface area contributed by atoms with Gasteiger partial charge < -0.3 is 56.8 Å². The van der Waals surface area contributed by atoms with Crippen molar-refractivity contribution < 1.29 is 56.8 Å². The maximum absolute atomic E-state index is 7.53. The summed E-state index contributed by atoms with van der Waals surface area (Å²) in [5.41, 5.74) is 20.4. The van der Waals surface area contributed by atoms with E-state index in [1.165, 1.54) is 0 Å². The van der Waals surface area contributed by atoms with Crippen LogP contribution in [0.5, 0.6) is 34.5 Å². The Hall–Kier alpha value is -13.4. The van der Waals surface area contributed by atoms with E-state index in [0.29, 0.717) is 44.3 Å². The standard InChI is InChI=1S/C135H140O12/c1-130(2,3)106-58-94-70-136-74-98-62-108(132(7,8)9)66-102(126(98)144-82-120-112-44-27-19-36-86(112)54-87-37-20-28-45-113(87)120)78-140-79-103-67-109(133(10,11)12)63-99(127(103)145-83-121-114-46-29-21-38-88(114)55-89-39-22-30-47-115(89)121)75-137-71-95(59-106)124(94)142-52-35-53-143-125-96-60-107(131(4,5)6)61-97(125)73-139-77-101-65-111(135(16,17)18)69-105(129(101)147-85-123-118-50-33-25-42-92(118)57-93-43-26-34-51-119(93)123)81-141-80-104-68-110(134(13,14)15)64-100(76-138-72-96)128(104)146-84-122-116-48-31-23-40-90(116)56-91-41-24-32-49-117(91)122/h19-34,36-51,54-69H,35,52-53,70-85H2,1-18H3. The molecule has 2 heterocycles. The molecule has 20 rings (SSSR count). The van der Waals surface area contributed by atoms with Crippen molar-refractivity contribution in [3.63, 3.8) is 0 Å². The van der Waals surface area contributed by atoms with Crippen molar-refractivity contribution in [2.24, 2.45) is 0 Å². The number of ether oxygens (including phenoxy) is 12. The zero-order valence-corrected chi connectivity index (χ0v) is 89.0.